The zero-order valence-corrected chi connectivity index (χ0v) is 48.4. The summed E-state index contributed by atoms with van der Waals surface area (Å²) in [5, 5.41) is 23.0. The van der Waals surface area contributed by atoms with Crippen LogP contribution in [-0.2, 0) is 29.5 Å². The Morgan fingerprint density at radius 1 is 0.671 bits per heavy atom. The largest absolute Gasteiger partial charge is 0.478 e. The summed E-state index contributed by atoms with van der Waals surface area (Å²) < 4.78 is 24.9. The van der Waals surface area contributed by atoms with Crippen molar-refractivity contribution >= 4 is 70.4 Å². The third kappa shape index (κ3) is 15.0. The number of ketones is 2. The highest BCUT2D eigenvalue weighted by molar-refractivity contribution is 7.98. The number of hydrogen-bond donors (Lipinski definition) is 2. The van der Waals surface area contributed by atoms with Gasteiger partial charge < -0.3 is 39.0 Å². The van der Waals surface area contributed by atoms with Crippen molar-refractivity contribution < 1.29 is 57.9 Å². The fourth-order valence-electron chi connectivity index (χ4n) is 9.92. The molecular weight excluding hydrogens is 1070 g/mol. The molecular formula is C60H67ClN4O12S2. The number of halogens is 1. The number of rotatable bonds is 18. The number of Topliss-reactive ketones (excluding diaryl/α,β-unsaturated/α-hetero) is 2. The highest BCUT2D eigenvalue weighted by atomic mass is 35.5. The minimum atomic E-state index is -1.37. The Morgan fingerprint density at radius 2 is 1.18 bits per heavy atom. The van der Waals surface area contributed by atoms with Gasteiger partial charge in [-0.25, -0.2) is 19.2 Å². The third-order valence-electron chi connectivity index (χ3n) is 14.2. The summed E-state index contributed by atoms with van der Waals surface area (Å²) >= 11 is 8.95. The van der Waals surface area contributed by atoms with Gasteiger partial charge in [0.1, 0.15) is 17.2 Å². The lowest BCUT2D eigenvalue weighted by Gasteiger charge is -2.25. The number of hydrogen-bond acceptors (Lipinski definition) is 13. The number of para-hydroxylation sites is 1. The van der Waals surface area contributed by atoms with Gasteiger partial charge in [-0.3, -0.25) is 14.3 Å². The summed E-state index contributed by atoms with van der Waals surface area (Å²) in [6, 6.07) is 27.8. The average Bonchev–Trinajstić information content (AvgIpc) is 4.34. The van der Waals surface area contributed by atoms with E-state index >= 15 is 0 Å². The van der Waals surface area contributed by atoms with E-state index in [1.807, 2.05) is 88.5 Å². The van der Waals surface area contributed by atoms with Crippen molar-refractivity contribution in [1.82, 2.24) is 19.6 Å². The first-order valence-electron chi connectivity index (χ1n) is 25.8. The second-order valence-corrected chi connectivity index (χ2v) is 23.8. The molecule has 4 unspecified atom stereocenters. The molecule has 4 aromatic carbocycles. The molecule has 418 valence electrons. The van der Waals surface area contributed by atoms with Crippen LogP contribution in [0.2, 0.25) is 4.34 Å². The fourth-order valence-corrected chi connectivity index (χ4v) is 11.4. The summed E-state index contributed by atoms with van der Waals surface area (Å²) in [6.07, 6.45) is 6.01. The van der Waals surface area contributed by atoms with E-state index in [1.165, 1.54) is 45.2 Å². The lowest BCUT2D eigenvalue weighted by molar-refractivity contribution is -0.152. The summed E-state index contributed by atoms with van der Waals surface area (Å²) in [5.41, 5.74) is 3.25. The van der Waals surface area contributed by atoms with Crippen LogP contribution in [0.3, 0.4) is 0 Å². The SMILES string of the molecule is CSc1ccc(C(=O)C2CN(C(=O)Oc3cnn(C)c3)CC2Cc2cc(C)c(OC(C)(C)C(=O)O)c(C)c2)cc1.Cc1cc(CCC2CN(C(=O)Oc3ccccc3)CC2C(=O)c2ccc(Cl)s2)cc(C)c1OC(C)(C)C(=O)O. The maximum Gasteiger partial charge on any atom is 0.415 e. The van der Waals surface area contributed by atoms with Gasteiger partial charge >= 0.3 is 24.1 Å². The normalized spacial score (nSPS) is 17.2. The number of likely N-dealkylation sites (tertiary alicyclic amines) is 2. The predicted molar refractivity (Wildman–Crippen MR) is 304 cm³/mol. The first-order valence-corrected chi connectivity index (χ1v) is 28.2. The Labute approximate surface area is 473 Å². The first kappa shape index (κ1) is 59.5. The molecule has 0 spiro atoms. The number of thioether (sulfide) groups is 1. The average molecular weight is 1140 g/mol. The van der Waals surface area contributed by atoms with Gasteiger partial charge in [-0.2, -0.15) is 5.10 Å². The molecule has 2 amide bonds. The third-order valence-corrected chi connectivity index (χ3v) is 16.2. The molecule has 2 saturated heterocycles. The zero-order chi connectivity index (χ0) is 57.5. The number of carbonyl (C=O) groups is 6. The van der Waals surface area contributed by atoms with Gasteiger partial charge in [0.05, 0.1) is 21.6 Å². The van der Waals surface area contributed by atoms with Crippen molar-refractivity contribution in [1.29, 1.82) is 0 Å². The zero-order valence-electron chi connectivity index (χ0n) is 46.0. The lowest BCUT2D eigenvalue weighted by atomic mass is 9.84. The van der Waals surface area contributed by atoms with Crippen LogP contribution in [0, 0.1) is 51.4 Å². The number of carboxylic acid groups (broad SMARTS) is 2. The van der Waals surface area contributed by atoms with Crippen LogP contribution < -0.4 is 18.9 Å². The van der Waals surface area contributed by atoms with Crippen molar-refractivity contribution in [3.8, 4) is 23.0 Å². The quantitative estimate of drug-likeness (QED) is 0.0607. The molecule has 0 aliphatic carbocycles. The number of amides is 2. The van der Waals surface area contributed by atoms with E-state index in [2.05, 4.69) is 5.10 Å². The number of aliphatic carboxylic acids is 2. The second-order valence-electron chi connectivity index (χ2n) is 21.2. The lowest BCUT2D eigenvalue weighted by Crippen LogP contribution is -2.38. The molecule has 79 heavy (non-hydrogen) atoms. The van der Waals surface area contributed by atoms with Crippen LogP contribution >= 0.6 is 34.7 Å². The molecule has 0 bridgehead atoms. The van der Waals surface area contributed by atoms with Gasteiger partial charge in [0.15, 0.2) is 28.5 Å². The van der Waals surface area contributed by atoms with Gasteiger partial charge in [-0.15, -0.1) is 23.1 Å². The molecule has 4 atom stereocenters. The molecule has 0 saturated carbocycles. The summed E-state index contributed by atoms with van der Waals surface area (Å²) in [5.74, 6) is -1.21. The minimum absolute atomic E-state index is 0.00839. The molecule has 2 N–H and O–H groups in total. The maximum absolute atomic E-state index is 13.7. The van der Waals surface area contributed by atoms with E-state index in [4.69, 9.17) is 30.5 Å². The smallest absolute Gasteiger partial charge is 0.415 e. The molecule has 2 aliphatic heterocycles. The molecule has 8 rings (SSSR count). The van der Waals surface area contributed by atoms with E-state index in [0.717, 1.165) is 38.3 Å². The summed E-state index contributed by atoms with van der Waals surface area (Å²) in [6.45, 7) is 14.9. The number of thiophene rings is 1. The Morgan fingerprint density at radius 3 is 1.66 bits per heavy atom. The second kappa shape index (κ2) is 25.3. The number of aryl methyl sites for hydroxylation is 6. The monoisotopic (exact) mass is 1130 g/mol. The van der Waals surface area contributed by atoms with E-state index < -0.39 is 41.2 Å². The van der Waals surface area contributed by atoms with Crippen LogP contribution in [0.15, 0.2) is 108 Å². The van der Waals surface area contributed by atoms with Crippen molar-refractivity contribution in [2.75, 3.05) is 32.4 Å². The van der Waals surface area contributed by atoms with Crippen molar-refractivity contribution in [3.05, 3.63) is 152 Å². The number of ether oxygens (including phenoxy) is 4. The summed E-state index contributed by atoms with van der Waals surface area (Å²) in [4.78, 5) is 81.1. The van der Waals surface area contributed by atoms with E-state index in [-0.39, 0.29) is 42.4 Å². The Bertz CT molecular complexity index is 3160. The van der Waals surface area contributed by atoms with E-state index in [9.17, 15) is 39.0 Å². The molecule has 4 heterocycles. The molecule has 2 fully saturated rings. The number of carbonyl (C=O) groups excluding carboxylic acids is 4. The van der Waals surface area contributed by atoms with Crippen LogP contribution in [0.4, 0.5) is 9.59 Å². The fraction of sp³-hybridized carbons (Fsp3) is 0.383. The molecule has 16 nitrogen and oxygen atoms in total. The van der Waals surface area contributed by atoms with Gasteiger partial charge in [0, 0.05) is 55.5 Å². The Kier molecular flexibility index (Phi) is 19.1. The van der Waals surface area contributed by atoms with Crippen molar-refractivity contribution in [2.24, 2.45) is 30.7 Å². The highest BCUT2D eigenvalue weighted by Gasteiger charge is 2.43. The van der Waals surface area contributed by atoms with Crippen LogP contribution in [0.1, 0.15) is 87.5 Å². The van der Waals surface area contributed by atoms with Gasteiger partial charge in [-0.1, -0.05) is 66.2 Å². The molecule has 0 radical (unpaired) electrons. The predicted octanol–water partition coefficient (Wildman–Crippen LogP) is 12.0. The highest BCUT2D eigenvalue weighted by Crippen LogP contribution is 2.37. The molecule has 19 heteroatoms. The Hall–Kier alpha value is -7.15. The van der Waals surface area contributed by atoms with Gasteiger partial charge in [-0.05, 0) is 163 Å². The van der Waals surface area contributed by atoms with Gasteiger partial charge in [0.2, 0.25) is 0 Å². The standard InChI is InChI=1S/C30H32ClNO6S.C30H35N3O6S/c1-18-14-20(15-19(2)27(18)38-30(3,4)28(34)35)10-11-21-16-32(29(36)37-22-8-6-5-7-9-22)17-23(21)26(33)24-12-13-25(31)39-24;1-18-11-20(12-19(2)27(18)39-30(3,4)28(35)36)13-22-15-33(29(37)38-23-14-31-32(5)16-23)17-25(22)26(34)21-7-9-24(40-6)10-8-21/h5-9,12-15,21,23H,10-11,16-17H2,1-4H3,(H,34,35);7-12,14,16,22,25H,13,15,17H2,1-6H3,(H,35,36). The van der Waals surface area contributed by atoms with Crippen molar-refractivity contribution in [3.63, 3.8) is 0 Å². The summed E-state index contributed by atoms with van der Waals surface area (Å²) in [7, 11) is 1.74. The molecule has 2 aliphatic rings. The molecule has 6 aromatic rings. The minimum Gasteiger partial charge on any atom is -0.478 e. The Balaban J connectivity index is 0.000000229. The van der Waals surface area contributed by atoms with E-state index in [1.54, 1.807) is 75.9 Å². The van der Waals surface area contributed by atoms with Crippen LogP contribution in [0.5, 0.6) is 23.0 Å². The molecule has 2 aromatic heterocycles. The topological polar surface area (TPSA) is 204 Å². The van der Waals surface area contributed by atoms with Crippen molar-refractivity contribution in [2.45, 2.75) is 90.7 Å². The first-order chi connectivity index (χ1) is 37.3. The number of carboxylic acids is 2. The number of nitrogens with zero attached hydrogens (tertiary/aromatic N) is 4. The van der Waals surface area contributed by atoms with Gasteiger partial charge in [0.25, 0.3) is 0 Å². The number of benzene rings is 4. The van der Waals surface area contributed by atoms with Crippen LogP contribution in [-0.4, -0.2) is 109 Å². The van der Waals surface area contributed by atoms with Crippen LogP contribution in [0.25, 0.3) is 0 Å². The number of aromatic nitrogens is 2. The van der Waals surface area contributed by atoms with E-state index in [0.29, 0.717) is 70.1 Å². The maximum atomic E-state index is 13.7.